The minimum atomic E-state index is -1.45. The van der Waals surface area contributed by atoms with Crippen LogP contribution in [-0.2, 0) is 20.7 Å². The Bertz CT molecular complexity index is 1380. The van der Waals surface area contributed by atoms with Crippen LogP contribution in [0.15, 0.2) is 54.6 Å². The van der Waals surface area contributed by atoms with Crippen LogP contribution < -0.4 is 5.32 Å². The molecule has 0 saturated carbocycles. The number of para-hydroxylation sites is 1. The van der Waals surface area contributed by atoms with Gasteiger partial charge in [-0.15, -0.1) is 0 Å². The van der Waals surface area contributed by atoms with Gasteiger partial charge in [-0.25, -0.2) is 4.79 Å². The molecular formula is C25H15Cl5N2O5. The minimum Gasteiger partial charge on any atom is -0.454 e. The molecule has 0 aliphatic carbocycles. The van der Waals surface area contributed by atoms with E-state index in [2.05, 4.69) is 5.32 Å². The number of anilines is 1. The summed E-state index contributed by atoms with van der Waals surface area (Å²) in [5.41, 5.74) is 0.404. The van der Waals surface area contributed by atoms with Gasteiger partial charge in [0.25, 0.3) is 17.7 Å². The lowest BCUT2D eigenvalue weighted by Crippen LogP contribution is -2.47. The molecule has 1 heterocycles. The molecular weight excluding hydrogens is 586 g/mol. The highest BCUT2D eigenvalue weighted by Gasteiger charge is 2.47. The zero-order valence-corrected chi connectivity index (χ0v) is 22.3. The molecule has 3 amide bonds. The highest BCUT2D eigenvalue weighted by Crippen LogP contribution is 2.45. The largest absolute Gasteiger partial charge is 0.454 e. The number of carbonyl (C=O) groups excluding carboxylic acids is 4. The molecule has 3 aromatic rings. The van der Waals surface area contributed by atoms with E-state index in [0.29, 0.717) is 21.2 Å². The van der Waals surface area contributed by atoms with Gasteiger partial charge in [0.05, 0.1) is 41.9 Å². The summed E-state index contributed by atoms with van der Waals surface area (Å²) < 4.78 is 5.21. The SMILES string of the molecule is O=C(COC(=O)[C@@H](Cc1ccccc1)N1C(=O)c2c(Cl)c(Cl)c(Cl)c(Cl)c2C1=O)Nc1ccccc1Cl. The summed E-state index contributed by atoms with van der Waals surface area (Å²) in [6.45, 7) is -0.697. The van der Waals surface area contributed by atoms with Gasteiger partial charge in [-0.05, 0) is 17.7 Å². The molecule has 0 unspecified atom stereocenters. The number of halogens is 5. The second-order valence-corrected chi connectivity index (χ2v) is 9.75. The number of amides is 3. The van der Waals surface area contributed by atoms with E-state index in [1.165, 1.54) is 0 Å². The molecule has 12 heteroatoms. The molecule has 0 aromatic heterocycles. The van der Waals surface area contributed by atoms with Crippen molar-refractivity contribution >= 4 is 87.4 Å². The molecule has 0 saturated heterocycles. The van der Waals surface area contributed by atoms with E-state index in [0.717, 1.165) is 0 Å². The number of hydrogen-bond donors (Lipinski definition) is 1. The number of imide groups is 1. The normalized spacial score (nSPS) is 13.4. The standard InChI is InChI=1S/C25H15Cl5N2O5/c26-13-8-4-5-9-14(13)31-16(33)11-37-25(36)15(10-12-6-2-1-3-7-12)32-23(34)17-18(24(32)35)20(28)22(30)21(29)19(17)27/h1-9,15H,10-11H2,(H,31,33)/t15-/m1/s1. The van der Waals surface area contributed by atoms with E-state index in [1.54, 1.807) is 54.6 Å². The first kappa shape index (κ1) is 27.2. The van der Waals surface area contributed by atoms with E-state index in [-0.39, 0.29) is 37.6 Å². The molecule has 190 valence electrons. The number of nitrogens with zero attached hydrogens (tertiary/aromatic N) is 1. The van der Waals surface area contributed by atoms with Crippen molar-refractivity contribution in [3.63, 3.8) is 0 Å². The van der Waals surface area contributed by atoms with Crippen LogP contribution in [0.1, 0.15) is 26.3 Å². The van der Waals surface area contributed by atoms with Gasteiger partial charge in [-0.2, -0.15) is 0 Å². The molecule has 3 aromatic carbocycles. The highest BCUT2D eigenvalue weighted by molar-refractivity contribution is 6.55. The number of carbonyl (C=O) groups is 4. The number of rotatable bonds is 7. The Morgan fingerprint density at radius 2 is 1.32 bits per heavy atom. The minimum absolute atomic E-state index is 0.103. The van der Waals surface area contributed by atoms with Gasteiger partial charge < -0.3 is 10.1 Å². The van der Waals surface area contributed by atoms with Crippen molar-refractivity contribution in [2.24, 2.45) is 0 Å². The van der Waals surface area contributed by atoms with Gasteiger partial charge in [0.2, 0.25) is 0 Å². The molecule has 0 spiro atoms. The second kappa shape index (κ2) is 11.3. The lowest BCUT2D eigenvalue weighted by molar-refractivity contribution is -0.151. The van der Waals surface area contributed by atoms with E-state index in [9.17, 15) is 19.2 Å². The van der Waals surface area contributed by atoms with Gasteiger partial charge in [0.15, 0.2) is 6.61 Å². The third kappa shape index (κ3) is 5.42. The van der Waals surface area contributed by atoms with Crippen LogP contribution in [0, 0.1) is 0 Å². The fourth-order valence-electron chi connectivity index (χ4n) is 3.75. The van der Waals surface area contributed by atoms with Crippen LogP contribution in [-0.4, -0.2) is 41.2 Å². The maximum atomic E-state index is 13.4. The monoisotopic (exact) mass is 598 g/mol. The molecule has 0 radical (unpaired) electrons. The zero-order valence-electron chi connectivity index (χ0n) is 18.6. The van der Waals surface area contributed by atoms with Crippen molar-refractivity contribution in [2.45, 2.75) is 12.5 Å². The molecule has 1 atom stereocenters. The fraction of sp³-hybridized carbons (Fsp3) is 0.120. The van der Waals surface area contributed by atoms with Crippen molar-refractivity contribution in [1.29, 1.82) is 0 Å². The molecule has 4 rings (SSSR count). The maximum absolute atomic E-state index is 13.4. The van der Waals surface area contributed by atoms with E-state index in [4.69, 9.17) is 62.7 Å². The fourth-order valence-corrected chi connectivity index (χ4v) is 4.95. The van der Waals surface area contributed by atoms with Gasteiger partial charge in [-0.1, -0.05) is 100 Å². The predicted molar refractivity (Wildman–Crippen MR) is 142 cm³/mol. The molecule has 1 aliphatic heterocycles. The lowest BCUT2D eigenvalue weighted by Gasteiger charge is -2.24. The van der Waals surface area contributed by atoms with Gasteiger partial charge in [-0.3, -0.25) is 19.3 Å². The van der Waals surface area contributed by atoms with E-state index in [1.807, 2.05) is 0 Å². The Morgan fingerprint density at radius 1 is 0.784 bits per heavy atom. The third-order valence-corrected chi connectivity index (χ3v) is 7.61. The van der Waals surface area contributed by atoms with Gasteiger partial charge >= 0.3 is 5.97 Å². The highest BCUT2D eigenvalue weighted by atomic mass is 35.5. The summed E-state index contributed by atoms with van der Waals surface area (Å²) in [5.74, 6) is -3.48. The van der Waals surface area contributed by atoms with Crippen molar-refractivity contribution in [1.82, 2.24) is 4.90 Å². The van der Waals surface area contributed by atoms with Crippen LogP contribution >= 0.6 is 58.0 Å². The average molecular weight is 601 g/mol. The van der Waals surface area contributed by atoms with Crippen molar-refractivity contribution in [2.75, 3.05) is 11.9 Å². The van der Waals surface area contributed by atoms with Crippen molar-refractivity contribution < 1.29 is 23.9 Å². The number of hydrogen-bond acceptors (Lipinski definition) is 5. The van der Waals surface area contributed by atoms with Crippen LogP contribution in [0.3, 0.4) is 0 Å². The molecule has 37 heavy (non-hydrogen) atoms. The number of ether oxygens (including phenoxy) is 1. The van der Waals surface area contributed by atoms with Crippen molar-refractivity contribution in [3.8, 4) is 0 Å². The summed E-state index contributed by atoms with van der Waals surface area (Å²) in [6, 6.07) is 13.7. The summed E-state index contributed by atoms with van der Waals surface area (Å²) in [7, 11) is 0. The topological polar surface area (TPSA) is 92.8 Å². The quantitative estimate of drug-likeness (QED) is 0.148. The Balaban J connectivity index is 1.62. The van der Waals surface area contributed by atoms with Crippen LogP contribution in [0.5, 0.6) is 0 Å². The number of nitrogens with one attached hydrogen (secondary N) is 1. The lowest BCUT2D eigenvalue weighted by atomic mass is 10.0. The molecule has 0 bridgehead atoms. The van der Waals surface area contributed by atoms with Crippen LogP contribution in [0.25, 0.3) is 0 Å². The first-order valence-corrected chi connectivity index (χ1v) is 12.5. The smallest absolute Gasteiger partial charge is 0.330 e. The number of esters is 1. The summed E-state index contributed by atoms with van der Waals surface area (Å²) >= 11 is 30.7. The molecule has 7 nitrogen and oxygen atoms in total. The number of fused-ring (bicyclic) bond motifs is 1. The summed E-state index contributed by atoms with van der Waals surface area (Å²) in [6.07, 6.45) is -0.103. The molecule has 0 fully saturated rings. The van der Waals surface area contributed by atoms with E-state index < -0.39 is 36.3 Å². The Kier molecular flexibility index (Phi) is 8.31. The van der Waals surface area contributed by atoms with Crippen LogP contribution in [0.2, 0.25) is 25.1 Å². The maximum Gasteiger partial charge on any atom is 0.330 e. The van der Waals surface area contributed by atoms with Gasteiger partial charge in [0, 0.05) is 6.42 Å². The molecule has 1 aliphatic rings. The summed E-state index contributed by atoms with van der Waals surface area (Å²) in [4.78, 5) is 53.0. The Labute approximate surface area is 236 Å². The van der Waals surface area contributed by atoms with Crippen molar-refractivity contribution in [3.05, 3.63) is 96.4 Å². The third-order valence-electron chi connectivity index (χ3n) is 5.48. The van der Waals surface area contributed by atoms with Gasteiger partial charge in [0.1, 0.15) is 6.04 Å². The second-order valence-electron chi connectivity index (χ2n) is 7.83. The average Bonchev–Trinajstić information content (AvgIpc) is 3.15. The Hall–Kier alpha value is -2.81. The zero-order chi connectivity index (χ0) is 26.9. The van der Waals surface area contributed by atoms with E-state index >= 15 is 0 Å². The first-order chi connectivity index (χ1) is 17.6. The Morgan fingerprint density at radius 3 is 1.89 bits per heavy atom. The van der Waals surface area contributed by atoms with Crippen LogP contribution in [0.4, 0.5) is 5.69 Å². The molecule has 1 N–H and O–H groups in total. The summed E-state index contributed by atoms with van der Waals surface area (Å²) in [5, 5.41) is 1.88. The number of benzene rings is 3. The first-order valence-electron chi connectivity index (χ1n) is 10.6. The predicted octanol–water partition coefficient (Wildman–Crippen LogP) is 6.34.